The highest BCUT2D eigenvalue weighted by molar-refractivity contribution is 7.89. The van der Waals surface area contributed by atoms with Gasteiger partial charge in [0.1, 0.15) is 11.4 Å². The molecule has 1 aromatic rings. The van der Waals surface area contributed by atoms with Gasteiger partial charge in [-0.15, -0.1) is 0 Å². The summed E-state index contributed by atoms with van der Waals surface area (Å²) in [6.07, 6.45) is -0.0868. The summed E-state index contributed by atoms with van der Waals surface area (Å²) in [5, 5.41) is 19.9. The van der Waals surface area contributed by atoms with Crippen LogP contribution in [0.2, 0.25) is 0 Å². The number of carboxylic acids is 1. The molecule has 0 aliphatic rings. The van der Waals surface area contributed by atoms with Crippen molar-refractivity contribution in [3.8, 4) is 0 Å². The third-order valence-electron chi connectivity index (χ3n) is 2.95. The van der Waals surface area contributed by atoms with Crippen LogP contribution in [0, 0.1) is 15.9 Å². The Kier molecular flexibility index (Phi) is 4.64. The lowest BCUT2D eigenvalue weighted by Crippen LogP contribution is -2.51. The van der Waals surface area contributed by atoms with E-state index >= 15 is 0 Å². The first kappa shape index (κ1) is 17.0. The van der Waals surface area contributed by atoms with Crippen molar-refractivity contribution in [1.82, 2.24) is 4.72 Å². The highest BCUT2D eigenvalue weighted by Crippen LogP contribution is 2.26. The molecule has 0 fully saturated rings. The monoisotopic (exact) mass is 320 g/mol. The molecule has 0 aliphatic heterocycles. The molecule has 0 saturated carbocycles. The van der Waals surface area contributed by atoms with Gasteiger partial charge in [-0.3, -0.25) is 14.9 Å². The van der Waals surface area contributed by atoms with E-state index in [9.17, 15) is 27.7 Å². The lowest BCUT2D eigenvalue weighted by molar-refractivity contribution is -0.388. The summed E-state index contributed by atoms with van der Waals surface area (Å²) in [6, 6.07) is 1.91. The molecule has 1 atom stereocenters. The summed E-state index contributed by atoms with van der Waals surface area (Å²) in [5.74, 6) is -2.41. The van der Waals surface area contributed by atoms with Gasteiger partial charge in [0.25, 0.3) is 5.69 Å². The minimum absolute atomic E-state index is 0.0868. The van der Waals surface area contributed by atoms with Crippen LogP contribution in [0.3, 0.4) is 0 Å². The number of hydrogen-bond acceptors (Lipinski definition) is 5. The number of nitro groups is 1. The highest BCUT2D eigenvalue weighted by Gasteiger charge is 2.38. The Labute approximate surface area is 119 Å². The van der Waals surface area contributed by atoms with Crippen molar-refractivity contribution in [1.29, 1.82) is 0 Å². The van der Waals surface area contributed by atoms with Crippen molar-refractivity contribution in [3.05, 3.63) is 34.1 Å². The number of aliphatic carboxylic acids is 1. The molecule has 0 aromatic heterocycles. The van der Waals surface area contributed by atoms with E-state index in [1.165, 1.54) is 6.92 Å². The lowest BCUT2D eigenvalue weighted by Gasteiger charge is -2.24. The second-order valence-electron chi connectivity index (χ2n) is 4.47. The number of rotatable bonds is 6. The molecule has 1 aromatic carbocycles. The van der Waals surface area contributed by atoms with Gasteiger partial charge in [-0.2, -0.15) is 4.72 Å². The number of sulfonamides is 1. The van der Waals surface area contributed by atoms with Crippen LogP contribution < -0.4 is 4.72 Å². The van der Waals surface area contributed by atoms with Crippen LogP contribution >= 0.6 is 0 Å². The fraction of sp³-hybridized carbons (Fsp3) is 0.364. The first-order chi connectivity index (χ1) is 9.53. The molecule has 0 spiro atoms. The Bertz CT molecular complexity index is 690. The highest BCUT2D eigenvalue weighted by atomic mass is 32.2. The normalized spacial score (nSPS) is 14.4. The number of benzene rings is 1. The van der Waals surface area contributed by atoms with Gasteiger partial charge >= 0.3 is 5.97 Å². The largest absolute Gasteiger partial charge is 0.480 e. The zero-order valence-corrected chi connectivity index (χ0v) is 12.0. The second-order valence-corrected chi connectivity index (χ2v) is 6.12. The predicted octanol–water partition coefficient (Wildman–Crippen LogP) is 1.27. The van der Waals surface area contributed by atoms with Crippen molar-refractivity contribution < 1.29 is 27.6 Å². The van der Waals surface area contributed by atoms with Crippen molar-refractivity contribution in [2.75, 3.05) is 0 Å². The second kappa shape index (κ2) is 5.74. The molecular formula is C11H13FN2O6S. The quantitative estimate of drug-likeness (QED) is 0.600. The molecule has 1 unspecified atom stereocenters. The maximum absolute atomic E-state index is 13.0. The van der Waals surface area contributed by atoms with Crippen LogP contribution in [-0.2, 0) is 14.8 Å². The standard InChI is InChI=1S/C11H13FN2O6S/c1-3-11(2,10(15)16)13-21(19,20)9-5-4-7(12)6-8(9)14(17)18/h4-6,13H,3H2,1-2H3,(H,15,16). The topological polar surface area (TPSA) is 127 Å². The first-order valence-electron chi connectivity index (χ1n) is 5.75. The van der Waals surface area contributed by atoms with Gasteiger partial charge < -0.3 is 5.11 Å². The average molecular weight is 320 g/mol. The van der Waals surface area contributed by atoms with Crippen molar-refractivity contribution in [2.24, 2.45) is 0 Å². The van der Waals surface area contributed by atoms with E-state index in [-0.39, 0.29) is 6.42 Å². The number of carbonyl (C=O) groups is 1. The predicted molar refractivity (Wildman–Crippen MR) is 69.7 cm³/mol. The molecule has 0 aliphatic carbocycles. The Morgan fingerprint density at radius 1 is 1.52 bits per heavy atom. The number of nitro benzene ring substituents is 1. The zero-order chi connectivity index (χ0) is 16.4. The van der Waals surface area contributed by atoms with Crippen molar-refractivity contribution in [2.45, 2.75) is 30.7 Å². The van der Waals surface area contributed by atoms with Crippen LogP contribution in [0.25, 0.3) is 0 Å². The Hall–Kier alpha value is -2.07. The molecule has 10 heteroatoms. The van der Waals surface area contributed by atoms with Crippen LogP contribution in [0.4, 0.5) is 10.1 Å². The fourth-order valence-corrected chi connectivity index (χ4v) is 3.07. The Morgan fingerprint density at radius 2 is 2.10 bits per heavy atom. The van der Waals surface area contributed by atoms with E-state index in [0.29, 0.717) is 12.1 Å². The smallest absolute Gasteiger partial charge is 0.324 e. The summed E-state index contributed by atoms with van der Waals surface area (Å²) in [6.45, 7) is 2.57. The number of halogens is 1. The maximum atomic E-state index is 13.0. The summed E-state index contributed by atoms with van der Waals surface area (Å²) < 4.78 is 39.2. The minimum atomic E-state index is -4.51. The molecule has 21 heavy (non-hydrogen) atoms. The molecular weight excluding hydrogens is 307 g/mol. The average Bonchev–Trinajstić information content (AvgIpc) is 2.37. The third-order valence-corrected chi connectivity index (χ3v) is 4.59. The molecule has 116 valence electrons. The first-order valence-corrected chi connectivity index (χ1v) is 7.23. The van der Waals surface area contributed by atoms with E-state index in [0.717, 1.165) is 13.0 Å². The fourth-order valence-electron chi connectivity index (χ4n) is 1.48. The molecule has 8 nitrogen and oxygen atoms in total. The summed E-state index contributed by atoms with van der Waals surface area (Å²) >= 11 is 0. The third kappa shape index (κ3) is 3.52. The van der Waals surface area contributed by atoms with Crippen LogP contribution in [-0.4, -0.2) is 30.0 Å². The minimum Gasteiger partial charge on any atom is -0.480 e. The molecule has 0 radical (unpaired) electrons. The maximum Gasteiger partial charge on any atom is 0.324 e. The number of hydrogen-bond donors (Lipinski definition) is 2. The molecule has 2 N–H and O–H groups in total. The van der Waals surface area contributed by atoms with E-state index in [2.05, 4.69) is 0 Å². The van der Waals surface area contributed by atoms with Crippen LogP contribution in [0.5, 0.6) is 0 Å². The van der Waals surface area contributed by atoms with Gasteiger partial charge in [0.2, 0.25) is 10.0 Å². The van der Waals surface area contributed by atoms with Gasteiger partial charge in [-0.05, 0) is 25.5 Å². The van der Waals surface area contributed by atoms with E-state index in [4.69, 9.17) is 5.11 Å². The summed E-state index contributed by atoms with van der Waals surface area (Å²) in [7, 11) is -4.51. The van der Waals surface area contributed by atoms with Crippen molar-refractivity contribution in [3.63, 3.8) is 0 Å². The van der Waals surface area contributed by atoms with E-state index in [1.54, 1.807) is 0 Å². The van der Waals surface area contributed by atoms with E-state index in [1.807, 2.05) is 4.72 Å². The number of nitrogens with zero attached hydrogens (tertiary/aromatic N) is 1. The van der Waals surface area contributed by atoms with Gasteiger partial charge in [0.05, 0.1) is 11.0 Å². The molecule has 0 heterocycles. The lowest BCUT2D eigenvalue weighted by atomic mass is 10.0. The Morgan fingerprint density at radius 3 is 2.52 bits per heavy atom. The number of nitrogens with one attached hydrogen (secondary N) is 1. The van der Waals surface area contributed by atoms with Crippen LogP contribution in [0.15, 0.2) is 23.1 Å². The van der Waals surface area contributed by atoms with Gasteiger partial charge in [0.15, 0.2) is 4.90 Å². The van der Waals surface area contributed by atoms with Crippen LogP contribution in [0.1, 0.15) is 20.3 Å². The molecule has 1 rings (SSSR count). The molecule has 0 amide bonds. The van der Waals surface area contributed by atoms with E-state index < -0.39 is 42.9 Å². The van der Waals surface area contributed by atoms with Gasteiger partial charge in [0, 0.05) is 0 Å². The van der Waals surface area contributed by atoms with Gasteiger partial charge in [-0.1, -0.05) is 6.92 Å². The van der Waals surface area contributed by atoms with Crippen molar-refractivity contribution >= 4 is 21.7 Å². The van der Waals surface area contributed by atoms with Gasteiger partial charge in [-0.25, -0.2) is 12.8 Å². The number of carboxylic acid groups (broad SMARTS) is 1. The SMILES string of the molecule is CCC(C)(NS(=O)(=O)c1ccc(F)cc1[N+](=O)[O-])C(=O)O. The summed E-state index contributed by atoms with van der Waals surface area (Å²) in [4.78, 5) is 20.1. The molecule has 0 saturated heterocycles. The molecule has 0 bridgehead atoms. The Balaban J connectivity index is 3.39. The summed E-state index contributed by atoms with van der Waals surface area (Å²) in [5.41, 5.74) is -2.80. The zero-order valence-electron chi connectivity index (χ0n) is 11.2.